The Morgan fingerprint density at radius 3 is 2.65 bits per heavy atom. The summed E-state index contributed by atoms with van der Waals surface area (Å²) in [4.78, 5) is 0. The number of hydrogen-bond donors (Lipinski definition) is 0. The van der Waals surface area contributed by atoms with Crippen molar-refractivity contribution in [1.82, 2.24) is 0 Å². The SMILES string of the molecule is COc1c(C)ccc(F)c1COC1CCCC1. The van der Waals surface area contributed by atoms with Gasteiger partial charge in [-0.1, -0.05) is 18.9 Å². The van der Waals surface area contributed by atoms with Gasteiger partial charge < -0.3 is 9.47 Å². The average molecular weight is 238 g/mol. The Bertz CT molecular complexity index is 384. The molecule has 1 saturated carbocycles. The fraction of sp³-hybridized carbons (Fsp3) is 0.571. The van der Waals surface area contributed by atoms with E-state index in [-0.39, 0.29) is 5.82 Å². The largest absolute Gasteiger partial charge is 0.496 e. The highest BCUT2D eigenvalue weighted by Gasteiger charge is 2.18. The molecule has 0 amide bonds. The summed E-state index contributed by atoms with van der Waals surface area (Å²) in [6.45, 7) is 2.22. The lowest BCUT2D eigenvalue weighted by Crippen LogP contribution is -2.09. The van der Waals surface area contributed by atoms with Gasteiger partial charge in [0.05, 0.1) is 25.4 Å². The van der Waals surface area contributed by atoms with Gasteiger partial charge >= 0.3 is 0 Å². The molecule has 0 radical (unpaired) electrons. The zero-order valence-corrected chi connectivity index (χ0v) is 10.5. The van der Waals surface area contributed by atoms with Crippen molar-refractivity contribution in [3.8, 4) is 5.75 Å². The maximum Gasteiger partial charge on any atom is 0.132 e. The molecule has 1 aliphatic rings. The van der Waals surface area contributed by atoms with Crippen molar-refractivity contribution in [2.75, 3.05) is 7.11 Å². The van der Waals surface area contributed by atoms with Crippen LogP contribution in [-0.2, 0) is 11.3 Å². The third-order valence-corrected chi connectivity index (χ3v) is 3.37. The molecule has 94 valence electrons. The molecule has 2 nitrogen and oxygen atoms in total. The fourth-order valence-corrected chi connectivity index (χ4v) is 2.40. The normalized spacial score (nSPS) is 16.4. The molecule has 0 heterocycles. The zero-order chi connectivity index (χ0) is 12.3. The third kappa shape index (κ3) is 2.78. The van der Waals surface area contributed by atoms with Crippen LogP contribution in [0, 0.1) is 12.7 Å². The number of ether oxygens (including phenoxy) is 2. The first-order valence-electron chi connectivity index (χ1n) is 6.16. The Labute approximate surface area is 102 Å². The summed E-state index contributed by atoms with van der Waals surface area (Å²) >= 11 is 0. The van der Waals surface area contributed by atoms with Gasteiger partial charge in [0.25, 0.3) is 0 Å². The van der Waals surface area contributed by atoms with E-state index in [9.17, 15) is 4.39 Å². The summed E-state index contributed by atoms with van der Waals surface area (Å²) in [6.07, 6.45) is 4.92. The minimum atomic E-state index is -0.245. The summed E-state index contributed by atoms with van der Waals surface area (Å²) in [5.74, 6) is 0.369. The molecule has 1 fully saturated rings. The van der Waals surface area contributed by atoms with Gasteiger partial charge in [0.1, 0.15) is 11.6 Å². The minimum Gasteiger partial charge on any atom is -0.496 e. The van der Waals surface area contributed by atoms with E-state index < -0.39 is 0 Å². The number of hydrogen-bond acceptors (Lipinski definition) is 2. The Balaban J connectivity index is 2.10. The predicted molar refractivity (Wildman–Crippen MR) is 64.7 cm³/mol. The van der Waals surface area contributed by atoms with Crippen molar-refractivity contribution in [3.05, 3.63) is 29.1 Å². The lowest BCUT2D eigenvalue weighted by Gasteiger charge is -2.15. The van der Waals surface area contributed by atoms with E-state index in [2.05, 4.69) is 0 Å². The topological polar surface area (TPSA) is 18.5 Å². The number of aryl methyl sites for hydroxylation is 1. The van der Waals surface area contributed by atoms with E-state index in [1.807, 2.05) is 6.92 Å². The smallest absolute Gasteiger partial charge is 0.132 e. The molecule has 1 aromatic carbocycles. The van der Waals surface area contributed by atoms with Gasteiger partial charge in [-0.15, -0.1) is 0 Å². The quantitative estimate of drug-likeness (QED) is 0.798. The van der Waals surface area contributed by atoms with Crippen LogP contribution >= 0.6 is 0 Å². The van der Waals surface area contributed by atoms with Crippen LogP contribution in [0.25, 0.3) is 0 Å². The first-order chi connectivity index (χ1) is 8.22. The van der Waals surface area contributed by atoms with Gasteiger partial charge in [0, 0.05) is 0 Å². The fourth-order valence-electron chi connectivity index (χ4n) is 2.40. The first-order valence-corrected chi connectivity index (χ1v) is 6.16. The molecular formula is C14H19FO2. The molecule has 0 unspecified atom stereocenters. The second-order valence-corrected chi connectivity index (χ2v) is 4.59. The summed E-state index contributed by atoms with van der Waals surface area (Å²) in [7, 11) is 1.57. The number of halogens is 1. The van der Waals surface area contributed by atoms with E-state index in [0.717, 1.165) is 18.4 Å². The van der Waals surface area contributed by atoms with Crippen LogP contribution in [0.15, 0.2) is 12.1 Å². The maximum absolute atomic E-state index is 13.7. The molecule has 0 atom stereocenters. The van der Waals surface area contributed by atoms with Crippen LogP contribution in [0.2, 0.25) is 0 Å². The molecule has 0 saturated heterocycles. The molecule has 0 aliphatic heterocycles. The summed E-state index contributed by atoms with van der Waals surface area (Å²) < 4.78 is 24.7. The monoisotopic (exact) mass is 238 g/mol. The van der Waals surface area contributed by atoms with Gasteiger partial charge in [-0.05, 0) is 31.4 Å². The van der Waals surface area contributed by atoms with Gasteiger partial charge in [0.15, 0.2) is 0 Å². The number of rotatable bonds is 4. The highest BCUT2D eigenvalue weighted by molar-refractivity contribution is 5.41. The van der Waals surface area contributed by atoms with Crippen LogP contribution < -0.4 is 4.74 Å². The van der Waals surface area contributed by atoms with Gasteiger partial charge in [0.2, 0.25) is 0 Å². The van der Waals surface area contributed by atoms with Crippen molar-refractivity contribution < 1.29 is 13.9 Å². The van der Waals surface area contributed by atoms with Crippen LogP contribution in [-0.4, -0.2) is 13.2 Å². The van der Waals surface area contributed by atoms with Crippen LogP contribution in [0.1, 0.15) is 36.8 Å². The van der Waals surface area contributed by atoms with E-state index in [4.69, 9.17) is 9.47 Å². The molecule has 0 bridgehead atoms. The molecule has 17 heavy (non-hydrogen) atoms. The molecule has 1 aromatic rings. The van der Waals surface area contributed by atoms with Gasteiger partial charge in [-0.2, -0.15) is 0 Å². The lowest BCUT2D eigenvalue weighted by molar-refractivity contribution is 0.0429. The molecule has 0 aromatic heterocycles. The van der Waals surface area contributed by atoms with E-state index in [1.54, 1.807) is 13.2 Å². The van der Waals surface area contributed by atoms with Crippen molar-refractivity contribution in [2.24, 2.45) is 0 Å². The summed E-state index contributed by atoms with van der Waals surface area (Å²) in [6, 6.07) is 3.21. The average Bonchev–Trinajstić information content (AvgIpc) is 2.83. The van der Waals surface area contributed by atoms with Crippen molar-refractivity contribution in [3.63, 3.8) is 0 Å². The standard InChI is InChI=1S/C14H19FO2/c1-10-7-8-13(15)12(14(10)16-2)9-17-11-5-3-4-6-11/h7-8,11H,3-6,9H2,1-2H3. The predicted octanol–water partition coefficient (Wildman–Crippen LogP) is 3.60. The summed E-state index contributed by atoms with van der Waals surface area (Å²) in [5, 5.41) is 0. The van der Waals surface area contributed by atoms with Gasteiger partial charge in [-0.25, -0.2) is 4.39 Å². The highest BCUT2D eigenvalue weighted by atomic mass is 19.1. The second kappa shape index (κ2) is 5.50. The van der Waals surface area contributed by atoms with Crippen LogP contribution in [0.5, 0.6) is 5.75 Å². The molecule has 2 rings (SSSR count). The summed E-state index contributed by atoms with van der Waals surface area (Å²) in [5.41, 5.74) is 1.48. The molecule has 1 aliphatic carbocycles. The molecular weight excluding hydrogens is 219 g/mol. The lowest BCUT2D eigenvalue weighted by atomic mass is 10.1. The first kappa shape index (κ1) is 12.4. The molecule has 0 N–H and O–H groups in total. The second-order valence-electron chi connectivity index (χ2n) is 4.59. The van der Waals surface area contributed by atoms with E-state index >= 15 is 0 Å². The Kier molecular flexibility index (Phi) is 4.00. The number of benzene rings is 1. The molecule has 0 spiro atoms. The van der Waals surface area contributed by atoms with Gasteiger partial charge in [-0.3, -0.25) is 0 Å². The third-order valence-electron chi connectivity index (χ3n) is 3.37. The molecule has 3 heteroatoms. The number of methoxy groups -OCH3 is 1. The Morgan fingerprint density at radius 1 is 1.29 bits per heavy atom. The minimum absolute atomic E-state index is 0.245. The zero-order valence-electron chi connectivity index (χ0n) is 10.5. The van der Waals surface area contributed by atoms with E-state index in [0.29, 0.717) is 24.0 Å². The van der Waals surface area contributed by atoms with Crippen molar-refractivity contribution in [2.45, 2.75) is 45.3 Å². The maximum atomic E-state index is 13.7. The Hall–Kier alpha value is -1.09. The highest BCUT2D eigenvalue weighted by Crippen LogP contribution is 2.29. The Morgan fingerprint density at radius 2 is 2.00 bits per heavy atom. The van der Waals surface area contributed by atoms with E-state index in [1.165, 1.54) is 18.9 Å². The van der Waals surface area contributed by atoms with Crippen LogP contribution in [0.4, 0.5) is 4.39 Å². The van der Waals surface area contributed by atoms with Crippen LogP contribution in [0.3, 0.4) is 0 Å². The van der Waals surface area contributed by atoms with Crippen molar-refractivity contribution in [1.29, 1.82) is 0 Å². The van der Waals surface area contributed by atoms with Crippen molar-refractivity contribution >= 4 is 0 Å².